The monoisotopic (exact) mass is 358 g/mol. The highest BCUT2D eigenvalue weighted by molar-refractivity contribution is 7.89. The average molecular weight is 358 g/mol. The minimum absolute atomic E-state index is 0.219. The molecule has 1 fully saturated rings. The van der Waals surface area contributed by atoms with E-state index in [1.807, 2.05) is 0 Å². The van der Waals surface area contributed by atoms with Gasteiger partial charge in [-0.2, -0.15) is 0 Å². The quantitative estimate of drug-likeness (QED) is 0.787. The maximum atomic E-state index is 12.5. The third-order valence-electron chi connectivity index (χ3n) is 3.69. The number of sulfonamides is 1. The smallest absolute Gasteiger partial charge is 0.279 e. The number of thiazole rings is 1. The lowest BCUT2D eigenvalue weighted by Gasteiger charge is -2.26. The minimum Gasteiger partial charge on any atom is -0.379 e. The van der Waals surface area contributed by atoms with Gasteiger partial charge in [0.25, 0.3) is 5.56 Å². The number of morpholine rings is 1. The van der Waals surface area contributed by atoms with Crippen LogP contribution in [0.5, 0.6) is 0 Å². The molecule has 0 aliphatic carbocycles. The number of hydrogen-bond acceptors (Lipinski definition) is 7. The van der Waals surface area contributed by atoms with Gasteiger partial charge in [-0.05, 0) is 6.92 Å². The molecular formula is C13H18N4O4S2. The molecule has 1 aliphatic rings. The van der Waals surface area contributed by atoms with Crippen molar-refractivity contribution in [3.05, 3.63) is 27.6 Å². The summed E-state index contributed by atoms with van der Waals surface area (Å²) in [7, 11) is -3.89. The molecular weight excluding hydrogens is 340 g/mol. The molecule has 0 aromatic carbocycles. The molecule has 0 radical (unpaired) electrons. The Hall–Kier alpha value is -1.33. The highest BCUT2D eigenvalue weighted by Crippen LogP contribution is 2.13. The fourth-order valence-electron chi connectivity index (χ4n) is 2.51. The number of fused-ring (bicyclic) bond motifs is 1. The van der Waals surface area contributed by atoms with Gasteiger partial charge in [-0.15, -0.1) is 11.3 Å². The molecule has 0 bridgehead atoms. The van der Waals surface area contributed by atoms with Gasteiger partial charge in [0, 0.05) is 37.8 Å². The zero-order chi connectivity index (χ0) is 16.4. The summed E-state index contributed by atoms with van der Waals surface area (Å²) in [5, 5.41) is 1.70. The number of aromatic nitrogens is 2. The largest absolute Gasteiger partial charge is 0.379 e. The summed E-state index contributed by atoms with van der Waals surface area (Å²) in [6, 6.07) is 0. The third kappa shape index (κ3) is 3.45. The standard InChI is InChI=1S/C13H18N4O4S2/c1-10-11(12(18)17-6-9-22-13(17)15-10)23(19,20)14-2-3-16-4-7-21-8-5-16/h6,9,14H,2-5,7-8H2,1H3. The van der Waals surface area contributed by atoms with E-state index < -0.39 is 15.6 Å². The Morgan fingerprint density at radius 3 is 2.87 bits per heavy atom. The molecule has 1 saturated heterocycles. The molecule has 0 amide bonds. The third-order valence-corrected chi connectivity index (χ3v) is 6.04. The van der Waals surface area contributed by atoms with Crippen LogP contribution in [-0.2, 0) is 14.8 Å². The van der Waals surface area contributed by atoms with Crippen LogP contribution in [0.15, 0.2) is 21.3 Å². The fraction of sp³-hybridized carbons (Fsp3) is 0.538. The van der Waals surface area contributed by atoms with Crippen LogP contribution < -0.4 is 10.3 Å². The van der Waals surface area contributed by atoms with Gasteiger partial charge < -0.3 is 4.74 Å². The van der Waals surface area contributed by atoms with Crippen molar-refractivity contribution in [1.82, 2.24) is 19.0 Å². The zero-order valence-electron chi connectivity index (χ0n) is 12.7. The van der Waals surface area contributed by atoms with Crippen LogP contribution in [0.1, 0.15) is 5.69 Å². The average Bonchev–Trinajstić information content (AvgIpc) is 2.96. The summed E-state index contributed by atoms with van der Waals surface area (Å²) in [6.07, 6.45) is 1.53. The molecule has 0 spiro atoms. The number of nitrogens with one attached hydrogen (secondary N) is 1. The number of hydrogen-bond donors (Lipinski definition) is 1. The number of aryl methyl sites for hydroxylation is 1. The maximum absolute atomic E-state index is 12.5. The van der Waals surface area contributed by atoms with Crippen molar-refractivity contribution >= 4 is 26.3 Å². The summed E-state index contributed by atoms with van der Waals surface area (Å²) in [5.41, 5.74) is -0.344. The Balaban J connectivity index is 1.78. The van der Waals surface area contributed by atoms with E-state index in [2.05, 4.69) is 14.6 Å². The summed E-state index contributed by atoms with van der Waals surface area (Å²) in [6.45, 7) is 5.25. The van der Waals surface area contributed by atoms with Gasteiger partial charge in [0.15, 0.2) is 9.86 Å². The first-order chi connectivity index (χ1) is 11.0. The van der Waals surface area contributed by atoms with E-state index in [-0.39, 0.29) is 17.1 Å². The summed E-state index contributed by atoms with van der Waals surface area (Å²) < 4.78 is 34.0. The molecule has 3 heterocycles. The van der Waals surface area contributed by atoms with E-state index in [1.54, 1.807) is 5.38 Å². The summed E-state index contributed by atoms with van der Waals surface area (Å²) >= 11 is 1.29. The van der Waals surface area contributed by atoms with Gasteiger partial charge in [0.2, 0.25) is 10.0 Å². The van der Waals surface area contributed by atoms with E-state index in [0.717, 1.165) is 13.1 Å². The molecule has 1 aliphatic heterocycles. The first-order valence-electron chi connectivity index (χ1n) is 7.25. The first-order valence-corrected chi connectivity index (χ1v) is 9.61. The Morgan fingerprint density at radius 2 is 2.13 bits per heavy atom. The lowest BCUT2D eigenvalue weighted by Crippen LogP contribution is -2.42. The molecule has 3 rings (SSSR count). The van der Waals surface area contributed by atoms with Gasteiger partial charge in [-0.1, -0.05) is 0 Å². The van der Waals surface area contributed by atoms with Crippen LogP contribution in [0.4, 0.5) is 0 Å². The second-order valence-corrected chi connectivity index (χ2v) is 7.82. The van der Waals surface area contributed by atoms with Gasteiger partial charge in [0.1, 0.15) is 0 Å². The van der Waals surface area contributed by atoms with Crippen molar-refractivity contribution in [3.8, 4) is 0 Å². The molecule has 23 heavy (non-hydrogen) atoms. The second kappa shape index (κ2) is 6.65. The lowest BCUT2D eigenvalue weighted by molar-refractivity contribution is 0.0390. The van der Waals surface area contributed by atoms with Crippen molar-refractivity contribution < 1.29 is 13.2 Å². The van der Waals surface area contributed by atoms with Crippen LogP contribution in [-0.4, -0.2) is 62.1 Å². The molecule has 0 atom stereocenters. The van der Waals surface area contributed by atoms with E-state index in [1.165, 1.54) is 28.9 Å². The van der Waals surface area contributed by atoms with Crippen LogP contribution in [0.2, 0.25) is 0 Å². The summed E-state index contributed by atoms with van der Waals surface area (Å²) in [5.74, 6) is 0. The molecule has 0 saturated carbocycles. The van der Waals surface area contributed by atoms with Gasteiger partial charge >= 0.3 is 0 Å². The van der Waals surface area contributed by atoms with Crippen molar-refractivity contribution in [2.24, 2.45) is 0 Å². The van der Waals surface area contributed by atoms with Gasteiger partial charge in [-0.3, -0.25) is 14.1 Å². The Morgan fingerprint density at radius 1 is 1.39 bits per heavy atom. The number of rotatable bonds is 5. The highest BCUT2D eigenvalue weighted by Gasteiger charge is 2.24. The Kier molecular flexibility index (Phi) is 4.78. The molecule has 126 valence electrons. The molecule has 0 unspecified atom stereocenters. The van der Waals surface area contributed by atoms with Crippen LogP contribution in [0, 0.1) is 6.92 Å². The second-order valence-electron chi connectivity index (χ2n) is 5.24. The first kappa shape index (κ1) is 16.5. The zero-order valence-corrected chi connectivity index (χ0v) is 14.3. The SMILES string of the molecule is Cc1nc2sccn2c(=O)c1S(=O)(=O)NCCN1CCOCC1. The van der Waals surface area contributed by atoms with Crippen molar-refractivity contribution in [3.63, 3.8) is 0 Å². The van der Waals surface area contributed by atoms with Gasteiger partial charge in [-0.25, -0.2) is 18.1 Å². The van der Waals surface area contributed by atoms with Gasteiger partial charge in [0.05, 0.1) is 18.9 Å². The normalized spacial score (nSPS) is 16.9. The predicted octanol–water partition coefficient (Wildman–Crippen LogP) is -0.325. The van der Waals surface area contributed by atoms with E-state index in [9.17, 15) is 13.2 Å². The van der Waals surface area contributed by atoms with Crippen LogP contribution >= 0.6 is 11.3 Å². The lowest BCUT2D eigenvalue weighted by atomic mass is 10.4. The topological polar surface area (TPSA) is 93.0 Å². The van der Waals surface area contributed by atoms with E-state index in [4.69, 9.17) is 4.74 Å². The molecule has 2 aromatic heterocycles. The minimum atomic E-state index is -3.89. The fourth-order valence-corrected chi connectivity index (χ4v) is 4.53. The number of nitrogens with zero attached hydrogens (tertiary/aromatic N) is 3. The molecule has 8 nitrogen and oxygen atoms in total. The van der Waals surface area contributed by atoms with Crippen molar-refractivity contribution in [2.75, 3.05) is 39.4 Å². The predicted molar refractivity (Wildman–Crippen MR) is 86.5 cm³/mol. The van der Waals surface area contributed by atoms with E-state index in [0.29, 0.717) is 24.7 Å². The van der Waals surface area contributed by atoms with Crippen LogP contribution in [0.25, 0.3) is 4.96 Å². The molecule has 10 heteroatoms. The highest BCUT2D eigenvalue weighted by atomic mass is 32.2. The van der Waals surface area contributed by atoms with Crippen molar-refractivity contribution in [2.45, 2.75) is 11.8 Å². The number of ether oxygens (including phenoxy) is 1. The molecule has 2 aromatic rings. The van der Waals surface area contributed by atoms with Crippen molar-refractivity contribution in [1.29, 1.82) is 0 Å². The molecule has 1 N–H and O–H groups in total. The summed E-state index contributed by atoms with van der Waals surface area (Å²) in [4.78, 5) is 18.9. The maximum Gasteiger partial charge on any atom is 0.279 e. The van der Waals surface area contributed by atoms with E-state index >= 15 is 0 Å². The van der Waals surface area contributed by atoms with Crippen LogP contribution in [0.3, 0.4) is 0 Å². The Labute approximate surface area is 137 Å². The Bertz CT molecular complexity index is 852.